The van der Waals surface area contributed by atoms with E-state index in [1.54, 1.807) is 0 Å². The molecule has 0 spiro atoms. The van der Waals surface area contributed by atoms with Crippen LogP contribution in [0.4, 0.5) is 0 Å². The molecule has 124 valence electrons. The summed E-state index contributed by atoms with van der Waals surface area (Å²) in [4.78, 5) is 26.1. The highest BCUT2D eigenvalue weighted by atomic mass is 16.2. The standard InChI is InChI=1S/C16H33N3O2/c1-11(2)19(12(3)4)9-8-18-14(20)10-13(17)15(21)16(5,6)7/h11-13H,8-10,17H2,1-7H3,(H,18,20)/t13-/m0/s1. The maximum Gasteiger partial charge on any atom is 0.222 e. The van der Waals surface area contributed by atoms with Crippen LogP contribution >= 0.6 is 0 Å². The Balaban J connectivity index is 4.20. The summed E-state index contributed by atoms with van der Waals surface area (Å²) in [6, 6.07) is 0.148. The molecule has 0 heterocycles. The predicted molar refractivity (Wildman–Crippen MR) is 87.0 cm³/mol. The summed E-state index contributed by atoms with van der Waals surface area (Å²) in [5.41, 5.74) is 5.30. The number of nitrogens with one attached hydrogen (secondary N) is 1. The van der Waals surface area contributed by atoms with Gasteiger partial charge in [0.05, 0.1) is 6.04 Å². The average molecular weight is 299 g/mol. The Bertz CT molecular complexity index is 338. The summed E-state index contributed by atoms with van der Waals surface area (Å²) < 4.78 is 0. The molecule has 0 aliphatic rings. The van der Waals surface area contributed by atoms with Crippen LogP contribution in [0.2, 0.25) is 0 Å². The van der Waals surface area contributed by atoms with Crippen molar-refractivity contribution in [2.75, 3.05) is 13.1 Å². The molecule has 1 atom stereocenters. The largest absolute Gasteiger partial charge is 0.355 e. The van der Waals surface area contributed by atoms with Crippen LogP contribution in [-0.2, 0) is 9.59 Å². The first-order chi connectivity index (χ1) is 9.46. The quantitative estimate of drug-likeness (QED) is 0.713. The number of nitrogens with two attached hydrogens (primary N) is 1. The molecule has 0 aliphatic carbocycles. The lowest BCUT2D eigenvalue weighted by atomic mass is 9.85. The van der Waals surface area contributed by atoms with Crippen molar-refractivity contribution < 1.29 is 9.59 Å². The SMILES string of the molecule is CC(C)N(CCNC(=O)C[C@H](N)C(=O)C(C)(C)C)C(C)C. The van der Waals surface area contributed by atoms with Crippen molar-refractivity contribution in [1.29, 1.82) is 0 Å². The van der Waals surface area contributed by atoms with Crippen molar-refractivity contribution in [3.8, 4) is 0 Å². The summed E-state index contributed by atoms with van der Waals surface area (Å²) in [5, 5.41) is 2.85. The van der Waals surface area contributed by atoms with Crippen molar-refractivity contribution in [3.05, 3.63) is 0 Å². The zero-order valence-corrected chi connectivity index (χ0v) is 14.7. The van der Waals surface area contributed by atoms with Gasteiger partial charge in [-0.05, 0) is 27.7 Å². The number of carbonyl (C=O) groups excluding carboxylic acids is 2. The second-order valence-corrected chi connectivity index (χ2v) is 7.20. The highest BCUT2D eigenvalue weighted by molar-refractivity contribution is 5.92. The number of hydrogen-bond donors (Lipinski definition) is 2. The van der Waals surface area contributed by atoms with Gasteiger partial charge in [-0.2, -0.15) is 0 Å². The van der Waals surface area contributed by atoms with Gasteiger partial charge in [0.2, 0.25) is 5.91 Å². The number of carbonyl (C=O) groups is 2. The Morgan fingerprint density at radius 1 is 1.10 bits per heavy atom. The molecule has 5 heteroatoms. The molecular weight excluding hydrogens is 266 g/mol. The number of hydrogen-bond acceptors (Lipinski definition) is 4. The second-order valence-electron chi connectivity index (χ2n) is 7.20. The van der Waals surface area contributed by atoms with Gasteiger partial charge in [0.15, 0.2) is 5.78 Å². The van der Waals surface area contributed by atoms with E-state index in [2.05, 4.69) is 37.9 Å². The molecule has 0 aliphatic heterocycles. The molecule has 0 unspecified atom stereocenters. The fourth-order valence-electron chi connectivity index (χ4n) is 2.36. The minimum absolute atomic E-state index is 0.0550. The van der Waals surface area contributed by atoms with Crippen LogP contribution in [0.3, 0.4) is 0 Å². The van der Waals surface area contributed by atoms with Crippen LogP contribution in [0, 0.1) is 5.41 Å². The normalized spacial score (nSPS) is 13.9. The van der Waals surface area contributed by atoms with Crippen LogP contribution in [0.25, 0.3) is 0 Å². The Labute approximate surface area is 129 Å². The Hall–Kier alpha value is -0.940. The first-order valence-electron chi connectivity index (χ1n) is 7.79. The molecule has 0 aromatic carbocycles. The molecule has 0 saturated heterocycles. The van der Waals surface area contributed by atoms with Crippen molar-refractivity contribution >= 4 is 11.7 Å². The van der Waals surface area contributed by atoms with E-state index in [-0.39, 0.29) is 18.1 Å². The van der Waals surface area contributed by atoms with E-state index in [0.29, 0.717) is 18.6 Å². The number of rotatable bonds is 8. The van der Waals surface area contributed by atoms with Gasteiger partial charge in [-0.3, -0.25) is 14.5 Å². The molecule has 0 rings (SSSR count). The van der Waals surface area contributed by atoms with Gasteiger partial charge in [0.25, 0.3) is 0 Å². The highest BCUT2D eigenvalue weighted by Crippen LogP contribution is 2.17. The van der Waals surface area contributed by atoms with Crippen LogP contribution in [0.5, 0.6) is 0 Å². The summed E-state index contributed by atoms with van der Waals surface area (Å²) in [6.45, 7) is 15.4. The minimum atomic E-state index is -0.726. The maximum atomic E-state index is 11.9. The molecular formula is C16H33N3O2. The Morgan fingerprint density at radius 3 is 1.95 bits per heavy atom. The van der Waals surface area contributed by atoms with E-state index in [4.69, 9.17) is 5.73 Å². The number of Topliss-reactive ketones (excluding diaryl/α,β-unsaturated/α-hetero) is 1. The van der Waals surface area contributed by atoms with Gasteiger partial charge in [-0.1, -0.05) is 20.8 Å². The lowest BCUT2D eigenvalue weighted by molar-refractivity contribution is -0.131. The first kappa shape index (κ1) is 20.1. The summed E-state index contributed by atoms with van der Waals surface area (Å²) in [7, 11) is 0. The van der Waals surface area contributed by atoms with Crippen LogP contribution < -0.4 is 11.1 Å². The molecule has 0 aromatic heterocycles. The monoisotopic (exact) mass is 299 g/mol. The molecule has 0 aromatic rings. The predicted octanol–water partition coefficient (Wildman–Crippen LogP) is 1.55. The molecule has 0 saturated carbocycles. The van der Waals surface area contributed by atoms with E-state index >= 15 is 0 Å². The molecule has 3 N–H and O–H groups in total. The number of ketones is 1. The third-order valence-corrected chi connectivity index (χ3v) is 3.50. The van der Waals surface area contributed by atoms with Crippen molar-refractivity contribution in [1.82, 2.24) is 10.2 Å². The van der Waals surface area contributed by atoms with Crippen molar-refractivity contribution in [2.24, 2.45) is 11.1 Å². The van der Waals surface area contributed by atoms with E-state index in [1.165, 1.54) is 0 Å². The van der Waals surface area contributed by atoms with E-state index in [1.807, 2.05) is 20.8 Å². The van der Waals surface area contributed by atoms with E-state index < -0.39 is 11.5 Å². The molecule has 5 nitrogen and oxygen atoms in total. The highest BCUT2D eigenvalue weighted by Gasteiger charge is 2.28. The van der Waals surface area contributed by atoms with Crippen LogP contribution in [-0.4, -0.2) is 47.8 Å². The van der Waals surface area contributed by atoms with Gasteiger partial charge >= 0.3 is 0 Å². The molecule has 0 fully saturated rings. The van der Waals surface area contributed by atoms with Gasteiger partial charge in [0, 0.05) is 37.0 Å². The maximum absolute atomic E-state index is 11.9. The lowest BCUT2D eigenvalue weighted by Gasteiger charge is -2.30. The molecule has 0 bridgehead atoms. The topological polar surface area (TPSA) is 75.4 Å². The summed E-state index contributed by atoms with van der Waals surface area (Å²) >= 11 is 0. The third kappa shape index (κ3) is 7.58. The first-order valence-corrected chi connectivity index (χ1v) is 7.79. The number of amides is 1. The van der Waals surface area contributed by atoms with Gasteiger partial charge < -0.3 is 11.1 Å². The zero-order chi connectivity index (χ0) is 16.8. The minimum Gasteiger partial charge on any atom is -0.355 e. The van der Waals surface area contributed by atoms with Crippen LogP contribution in [0.1, 0.15) is 54.9 Å². The summed E-state index contributed by atoms with van der Waals surface area (Å²) in [5.74, 6) is -0.240. The third-order valence-electron chi connectivity index (χ3n) is 3.50. The van der Waals surface area contributed by atoms with Crippen molar-refractivity contribution in [3.63, 3.8) is 0 Å². The molecule has 1 amide bonds. The van der Waals surface area contributed by atoms with Gasteiger partial charge in [0.1, 0.15) is 0 Å². The average Bonchev–Trinajstić information content (AvgIpc) is 2.31. The number of nitrogens with zero attached hydrogens (tertiary/aromatic N) is 1. The Morgan fingerprint density at radius 2 is 1.57 bits per heavy atom. The van der Waals surface area contributed by atoms with E-state index in [9.17, 15) is 9.59 Å². The lowest BCUT2D eigenvalue weighted by Crippen LogP contribution is -2.45. The Kier molecular flexibility index (Phi) is 8.11. The smallest absolute Gasteiger partial charge is 0.222 e. The fourth-order valence-corrected chi connectivity index (χ4v) is 2.36. The van der Waals surface area contributed by atoms with Crippen LogP contribution in [0.15, 0.2) is 0 Å². The fraction of sp³-hybridized carbons (Fsp3) is 0.875. The second kappa shape index (κ2) is 8.49. The van der Waals surface area contributed by atoms with E-state index in [0.717, 1.165) is 6.54 Å². The summed E-state index contributed by atoms with van der Waals surface area (Å²) in [6.07, 6.45) is 0.0550. The van der Waals surface area contributed by atoms with Crippen molar-refractivity contribution in [2.45, 2.75) is 73.0 Å². The van der Waals surface area contributed by atoms with Gasteiger partial charge in [-0.25, -0.2) is 0 Å². The zero-order valence-electron chi connectivity index (χ0n) is 14.7. The molecule has 21 heavy (non-hydrogen) atoms. The van der Waals surface area contributed by atoms with Gasteiger partial charge in [-0.15, -0.1) is 0 Å². The molecule has 0 radical (unpaired) electrons.